The van der Waals surface area contributed by atoms with E-state index >= 15 is 0 Å². The minimum atomic E-state index is -0.0728. The third kappa shape index (κ3) is 2.69. The molecule has 2 aromatic rings. The van der Waals surface area contributed by atoms with Gasteiger partial charge >= 0.3 is 0 Å². The molecule has 0 radical (unpaired) electrons. The standard InChI is InChI=1S/C16H20N6O2/c17-16(18)22-6-5-13(22)15-19-14(20-24-15)11-1-3-12(4-2-11)21-7-9-23-10-8-21/h1-4,13H,5-10H2,(H3,17,18)/t13-/m0/s1. The van der Waals surface area contributed by atoms with Crippen molar-refractivity contribution in [3.63, 3.8) is 0 Å². The SMILES string of the molecule is N=C(N)N1CC[C@H]1c1nc(-c2ccc(N3CCOCC3)cc2)no1. The molecule has 0 bridgehead atoms. The summed E-state index contributed by atoms with van der Waals surface area (Å²) in [5, 5.41) is 11.6. The summed E-state index contributed by atoms with van der Waals surface area (Å²) in [6, 6.07) is 8.08. The second-order valence-corrected chi connectivity index (χ2v) is 5.99. The van der Waals surface area contributed by atoms with E-state index < -0.39 is 0 Å². The first kappa shape index (κ1) is 14.9. The molecule has 1 atom stereocenters. The molecule has 24 heavy (non-hydrogen) atoms. The lowest BCUT2D eigenvalue weighted by Gasteiger charge is -2.38. The number of rotatable bonds is 3. The van der Waals surface area contributed by atoms with Crippen molar-refractivity contribution >= 4 is 11.6 Å². The summed E-state index contributed by atoms with van der Waals surface area (Å²) in [5.41, 5.74) is 7.62. The van der Waals surface area contributed by atoms with Gasteiger partial charge in [0.25, 0.3) is 0 Å². The highest BCUT2D eigenvalue weighted by Crippen LogP contribution is 2.32. The lowest BCUT2D eigenvalue weighted by Crippen LogP contribution is -2.48. The Morgan fingerprint density at radius 3 is 2.54 bits per heavy atom. The summed E-state index contributed by atoms with van der Waals surface area (Å²) in [5.74, 6) is 1.12. The molecule has 0 spiro atoms. The Morgan fingerprint density at radius 1 is 1.17 bits per heavy atom. The number of nitrogens with two attached hydrogens (primary N) is 1. The fraction of sp³-hybridized carbons (Fsp3) is 0.438. The number of benzene rings is 1. The van der Waals surface area contributed by atoms with Crippen LogP contribution < -0.4 is 10.6 Å². The van der Waals surface area contributed by atoms with Gasteiger partial charge in [-0.3, -0.25) is 5.41 Å². The van der Waals surface area contributed by atoms with Crippen molar-refractivity contribution in [3.05, 3.63) is 30.2 Å². The number of hydrogen-bond acceptors (Lipinski definition) is 6. The quantitative estimate of drug-likeness (QED) is 0.644. The Bertz CT molecular complexity index is 722. The predicted octanol–water partition coefficient (Wildman–Crippen LogP) is 1.21. The number of guanidine groups is 1. The second-order valence-electron chi connectivity index (χ2n) is 5.99. The van der Waals surface area contributed by atoms with Crippen LogP contribution >= 0.6 is 0 Å². The molecular formula is C16H20N6O2. The first-order chi connectivity index (χ1) is 11.7. The first-order valence-electron chi connectivity index (χ1n) is 8.10. The molecule has 2 aliphatic heterocycles. The van der Waals surface area contributed by atoms with Gasteiger partial charge in [0.15, 0.2) is 5.96 Å². The molecule has 126 valence electrons. The average molecular weight is 328 g/mol. The fourth-order valence-electron chi connectivity index (χ4n) is 3.06. The minimum Gasteiger partial charge on any atom is -0.378 e. The molecule has 0 amide bonds. The van der Waals surface area contributed by atoms with Gasteiger partial charge in [0.1, 0.15) is 6.04 Å². The van der Waals surface area contributed by atoms with E-state index in [1.807, 2.05) is 12.1 Å². The zero-order valence-electron chi connectivity index (χ0n) is 13.3. The molecule has 8 nitrogen and oxygen atoms in total. The smallest absolute Gasteiger partial charge is 0.249 e. The van der Waals surface area contributed by atoms with Crippen molar-refractivity contribution in [2.75, 3.05) is 37.7 Å². The van der Waals surface area contributed by atoms with Gasteiger partial charge in [-0.1, -0.05) is 5.16 Å². The van der Waals surface area contributed by atoms with Crippen molar-refractivity contribution in [3.8, 4) is 11.4 Å². The van der Waals surface area contributed by atoms with Crippen LogP contribution in [0.5, 0.6) is 0 Å². The van der Waals surface area contributed by atoms with Crippen LogP contribution in [0, 0.1) is 5.41 Å². The molecular weight excluding hydrogens is 308 g/mol. The van der Waals surface area contributed by atoms with Crippen LogP contribution in [0.1, 0.15) is 18.4 Å². The van der Waals surface area contributed by atoms with Crippen LogP contribution in [-0.2, 0) is 4.74 Å². The maximum Gasteiger partial charge on any atom is 0.249 e. The lowest BCUT2D eigenvalue weighted by atomic mass is 10.0. The fourth-order valence-corrected chi connectivity index (χ4v) is 3.06. The summed E-state index contributed by atoms with van der Waals surface area (Å²) < 4.78 is 10.7. The lowest BCUT2D eigenvalue weighted by molar-refractivity contribution is 0.122. The number of nitrogens with one attached hydrogen (secondary N) is 1. The first-order valence-corrected chi connectivity index (χ1v) is 8.10. The van der Waals surface area contributed by atoms with E-state index in [-0.39, 0.29) is 12.0 Å². The average Bonchev–Trinajstić information content (AvgIpc) is 3.03. The molecule has 2 fully saturated rings. The van der Waals surface area contributed by atoms with Crippen molar-refractivity contribution in [2.45, 2.75) is 12.5 Å². The van der Waals surface area contributed by atoms with Crippen molar-refractivity contribution < 1.29 is 9.26 Å². The van der Waals surface area contributed by atoms with Crippen LogP contribution in [0.15, 0.2) is 28.8 Å². The molecule has 1 aromatic carbocycles. The van der Waals surface area contributed by atoms with E-state index in [0.717, 1.165) is 44.8 Å². The Hall–Kier alpha value is -2.61. The van der Waals surface area contributed by atoms with E-state index in [1.165, 1.54) is 5.69 Å². The van der Waals surface area contributed by atoms with Gasteiger partial charge in [-0.15, -0.1) is 0 Å². The van der Waals surface area contributed by atoms with Gasteiger partial charge in [-0.25, -0.2) is 0 Å². The summed E-state index contributed by atoms with van der Waals surface area (Å²) in [4.78, 5) is 8.52. The Labute approximate surface area is 139 Å². The molecule has 4 rings (SSSR count). The highest BCUT2D eigenvalue weighted by Gasteiger charge is 2.35. The number of morpholine rings is 1. The Balaban J connectivity index is 1.49. The van der Waals surface area contributed by atoms with Crippen LogP contribution in [-0.4, -0.2) is 53.8 Å². The molecule has 1 aromatic heterocycles. The third-order valence-electron chi connectivity index (χ3n) is 4.56. The van der Waals surface area contributed by atoms with E-state index in [4.69, 9.17) is 20.4 Å². The maximum atomic E-state index is 7.52. The monoisotopic (exact) mass is 328 g/mol. The summed E-state index contributed by atoms with van der Waals surface area (Å²) in [7, 11) is 0. The van der Waals surface area contributed by atoms with Gasteiger partial charge in [-0.2, -0.15) is 4.98 Å². The Morgan fingerprint density at radius 2 is 1.92 bits per heavy atom. The molecule has 0 unspecified atom stereocenters. The summed E-state index contributed by atoms with van der Waals surface area (Å²) in [6.45, 7) is 4.11. The number of nitrogens with zero attached hydrogens (tertiary/aromatic N) is 4. The largest absolute Gasteiger partial charge is 0.378 e. The van der Waals surface area contributed by atoms with E-state index in [1.54, 1.807) is 4.90 Å². The highest BCUT2D eigenvalue weighted by atomic mass is 16.5. The third-order valence-corrected chi connectivity index (χ3v) is 4.56. The maximum absolute atomic E-state index is 7.52. The van der Waals surface area contributed by atoms with Crippen LogP contribution in [0.3, 0.4) is 0 Å². The van der Waals surface area contributed by atoms with Gasteiger partial charge in [0.05, 0.1) is 13.2 Å². The van der Waals surface area contributed by atoms with E-state index in [2.05, 4.69) is 27.2 Å². The minimum absolute atomic E-state index is 0.0425. The summed E-state index contributed by atoms with van der Waals surface area (Å²) in [6.07, 6.45) is 0.872. The number of aromatic nitrogens is 2. The van der Waals surface area contributed by atoms with Gasteiger partial charge in [0, 0.05) is 30.9 Å². The highest BCUT2D eigenvalue weighted by molar-refractivity contribution is 5.75. The van der Waals surface area contributed by atoms with Crippen LogP contribution in [0.25, 0.3) is 11.4 Å². The molecule has 2 aliphatic rings. The Kier molecular flexibility index (Phi) is 3.81. The van der Waals surface area contributed by atoms with Gasteiger partial charge in [0.2, 0.25) is 11.7 Å². The molecule has 0 saturated carbocycles. The predicted molar refractivity (Wildman–Crippen MR) is 88.7 cm³/mol. The number of ether oxygens (including phenoxy) is 1. The molecule has 2 saturated heterocycles. The van der Waals surface area contributed by atoms with Crippen molar-refractivity contribution in [1.82, 2.24) is 15.0 Å². The number of likely N-dealkylation sites (tertiary alicyclic amines) is 1. The number of anilines is 1. The zero-order valence-corrected chi connectivity index (χ0v) is 13.3. The summed E-state index contributed by atoms with van der Waals surface area (Å²) >= 11 is 0. The van der Waals surface area contributed by atoms with Gasteiger partial charge < -0.3 is 24.8 Å². The number of hydrogen-bond donors (Lipinski definition) is 2. The van der Waals surface area contributed by atoms with Crippen LogP contribution in [0.2, 0.25) is 0 Å². The normalized spacial score (nSPS) is 20.8. The molecule has 3 N–H and O–H groups in total. The second kappa shape index (κ2) is 6.12. The van der Waals surface area contributed by atoms with E-state index in [0.29, 0.717) is 11.7 Å². The topological polar surface area (TPSA) is 104 Å². The van der Waals surface area contributed by atoms with Gasteiger partial charge in [-0.05, 0) is 30.7 Å². The molecule has 3 heterocycles. The van der Waals surface area contributed by atoms with Crippen molar-refractivity contribution in [1.29, 1.82) is 5.41 Å². The zero-order chi connectivity index (χ0) is 16.5. The molecule has 0 aliphatic carbocycles. The van der Waals surface area contributed by atoms with Crippen molar-refractivity contribution in [2.24, 2.45) is 5.73 Å². The van der Waals surface area contributed by atoms with Crippen LogP contribution in [0.4, 0.5) is 5.69 Å². The van der Waals surface area contributed by atoms with E-state index in [9.17, 15) is 0 Å². The molecule has 8 heteroatoms.